The summed E-state index contributed by atoms with van der Waals surface area (Å²) in [6.07, 6.45) is -1.66. The summed E-state index contributed by atoms with van der Waals surface area (Å²) in [7, 11) is 3.54. The smallest absolute Gasteiger partial charge is 0.338 e. The van der Waals surface area contributed by atoms with Gasteiger partial charge < -0.3 is 10.0 Å². The van der Waals surface area contributed by atoms with Crippen LogP contribution in [0.4, 0.5) is 4.39 Å². The van der Waals surface area contributed by atoms with E-state index in [1.165, 1.54) is 0 Å². The summed E-state index contributed by atoms with van der Waals surface area (Å²) in [5.41, 5.74) is 0. The van der Waals surface area contributed by atoms with Gasteiger partial charge in [-0.05, 0) is 14.1 Å². The molecule has 0 aliphatic rings. The van der Waals surface area contributed by atoms with E-state index < -0.39 is 12.1 Å². The summed E-state index contributed by atoms with van der Waals surface area (Å²) in [4.78, 5) is 11.7. The second kappa shape index (κ2) is 6.37. The minimum atomic E-state index is -1.72. The third kappa shape index (κ3) is 7.55. The fourth-order valence-corrected chi connectivity index (χ4v) is 0.495. The van der Waals surface area contributed by atoms with E-state index >= 15 is 0 Å². The highest BCUT2D eigenvalue weighted by Crippen LogP contribution is 1.97. The van der Waals surface area contributed by atoms with Gasteiger partial charge in [0, 0.05) is 13.0 Å². The Morgan fingerprint density at radius 1 is 1.64 bits per heavy atom. The summed E-state index contributed by atoms with van der Waals surface area (Å²) in [6, 6.07) is 0. The minimum absolute atomic E-state index is 0. The second-order valence-corrected chi connectivity index (χ2v) is 2.40. The average Bonchev–Trinajstić information content (AvgIpc) is 1.82. The van der Waals surface area contributed by atoms with Gasteiger partial charge >= 0.3 is 5.97 Å². The van der Waals surface area contributed by atoms with Crippen molar-refractivity contribution in [3.05, 3.63) is 0 Å². The number of nitrogens with zero attached hydrogens (tertiary/aromatic N) is 1. The van der Waals surface area contributed by atoms with Crippen LogP contribution in [-0.2, 0) is 4.79 Å². The van der Waals surface area contributed by atoms with Gasteiger partial charge in [-0.1, -0.05) is 0 Å². The monoisotopic (exact) mass is 185 g/mol. The number of hydrogen-bond donors (Lipinski definition) is 1. The maximum atomic E-state index is 12.3. The molecule has 0 radical (unpaired) electrons. The highest BCUT2D eigenvalue weighted by Gasteiger charge is 2.14. The average molecular weight is 186 g/mol. The van der Waals surface area contributed by atoms with Gasteiger partial charge in [-0.15, -0.1) is 12.4 Å². The van der Waals surface area contributed by atoms with Gasteiger partial charge in [-0.25, -0.2) is 9.18 Å². The lowest BCUT2D eigenvalue weighted by Gasteiger charge is -2.08. The molecular weight excluding hydrogens is 173 g/mol. The van der Waals surface area contributed by atoms with Crippen molar-refractivity contribution in [1.82, 2.24) is 4.90 Å². The first-order chi connectivity index (χ1) is 4.54. The third-order valence-electron chi connectivity index (χ3n) is 1.10. The molecule has 1 N–H and O–H groups in total. The maximum Gasteiger partial charge on any atom is 0.338 e. The molecule has 0 fully saturated rings. The molecule has 0 saturated heterocycles. The van der Waals surface area contributed by atoms with E-state index in [1.807, 2.05) is 0 Å². The van der Waals surface area contributed by atoms with E-state index in [9.17, 15) is 9.18 Å². The van der Waals surface area contributed by atoms with Crippen LogP contribution in [0, 0.1) is 0 Å². The second-order valence-electron chi connectivity index (χ2n) is 2.40. The van der Waals surface area contributed by atoms with Crippen LogP contribution in [0.25, 0.3) is 0 Å². The molecule has 5 heteroatoms. The summed E-state index contributed by atoms with van der Waals surface area (Å²) in [5.74, 6) is -1.37. The van der Waals surface area contributed by atoms with E-state index in [4.69, 9.17) is 5.11 Å². The molecule has 0 rings (SSSR count). The van der Waals surface area contributed by atoms with Crippen molar-refractivity contribution < 1.29 is 14.3 Å². The number of alkyl halides is 1. The summed E-state index contributed by atoms with van der Waals surface area (Å²) in [6.45, 7) is 0.466. The van der Waals surface area contributed by atoms with Crippen LogP contribution >= 0.6 is 12.4 Å². The quantitative estimate of drug-likeness (QED) is 0.704. The lowest BCUT2D eigenvalue weighted by Crippen LogP contribution is -2.22. The molecule has 0 saturated carbocycles. The molecule has 0 aliphatic carbocycles. The molecule has 11 heavy (non-hydrogen) atoms. The molecule has 0 aromatic carbocycles. The van der Waals surface area contributed by atoms with Crippen LogP contribution < -0.4 is 0 Å². The third-order valence-corrected chi connectivity index (χ3v) is 1.10. The standard InChI is InChI=1S/C6H12FNO2.ClH/c1-8(2)4-3-5(7)6(9)10;/h5H,3-4H2,1-2H3,(H,9,10);1H/t5-;/m0./s1. The zero-order valence-corrected chi connectivity index (χ0v) is 7.40. The number of hydrogen-bond acceptors (Lipinski definition) is 2. The number of carbonyl (C=O) groups is 1. The lowest BCUT2D eigenvalue weighted by atomic mass is 10.3. The van der Waals surface area contributed by atoms with Crippen LogP contribution in [0.2, 0.25) is 0 Å². The number of carboxylic acids is 1. The Bertz CT molecular complexity index is 121. The van der Waals surface area contributed by atoms with Crippen LogP contribution in [0.15, 0.2) is 0 Å². The van der Waals surface area contributed by atoms with Gasteiger partial charge in [-0.3, -0.25) is 0 Å². The Morgan fingerprint density at radius 3 is 2.36 bits per heavy atom. The van der Waals surface area contributed by atoms with Crippen molar-refractivity contribution in [2.24, 2.45) is 0 Å². The van der Waals surface area contributed by atoms with Crippen molar-refractivity contribution in [3.63, 3.8) is 0 Å². The Morgan fingerprint density at radius 2 is 2.09 bits per heavy atom. The molecule has 1 atom stereocenters. The van der Waals surface area contributed by atoms with Gasteiger partial charge in [0.2, 0.25) is 0 Å². The fraction of sp³-hybridized carbons (Fsp3) is 0.833. The van der Waals surface area contributed by atoms with Crippen molar-refractivity contribution in [1.29, 1.82) is 0 Å². The predicted octanol–water partition coefficient (Wildman–Crippen LogP) is 0.783. The van der Waals surface area contributed by atoms with Crippen LogP contribution in [-0.4, -0.2) is 42.8 Å². The largest absolute Gasteiger partial charge is 0.479 e. The highest BCUT2D eigenvalue weighted by molar-refractivity contribution is 5.85. The Balaban J connectivity index is 0. The molecule has 0 unspecified atom stereocenters. The topological polar surface area (TPSA) is 40.5 Å². The Kier molecular flexibility index (Phi) is 7.67. The zero-order valence-electron chi connectivity index (χ0n) is 6.58. The number of aliphatic carboxylic acids is 1. The van der Waals surface area contributed by atoms with Crippen molar-refractivity contribution in [2.75, 3.05) is 20.6 Å². The number of carboxylic acid groups (broad SMARTS) is 1. The zero-order chi connectivity index (χ0) is 8.15. The molecule has 3 nitrogen and oxygen atoms in total. The fourth-order valence-electron chi connectivity index (χ4n) is 0.495. The number of halogens is 2. The van der Waals surface area contributed by atoms with Gasteiger partial charge in [0.05, 0.1) is 0 Å². The number of rotatable bonds is 4. The highest BCUT2D eigenvalue weighted by atomic mass is 35.5. The molecule has 0 aliphatic heterocycles. The van der Waals surface area contributed by atoms with E-state index in [1.54, 1.807) is 19.0 Å². The molecule has 0 aromatic heterocycles. The summed E-state index contributed by atoms with van der Waals surface area (Å²) in [5, 5.41) is 8.10. The van der Waals surface area contributed by atoms with Crippen LogP contribution in [0.5, 0.6) is 0 Å². The lowest BCUT2D eigenvalue weighted by molar-refractivity contribution is -0.143. The van der Waals surface area contributed by atoms with Gasteiger partial charge in [0.1, 0.15) is 0 Å². The molecule has 68 valence electrons. The van der Waals surface area contributed by atoms with E-state index in [-0.39, 0.29) is 18.8 Å². The van der Waals surface area contributed by atoms with Crippen LogP contribution in [0.1, 0.15) is 6.42 Å². The molecule has 0 spiro atoms. The van der Waals surface area contributed by atoms with E-state index in [0.717, 1.165) is 0 Å². The molecule has 0 aromatic rings. The van der Waals surface area contributed by atoms with Gasteiger partial charge in [0.15, 0.2) is 6.17 Å². The maximum absolute atomic E-state index is 12.3. The molecule has 0 amide bonds. The Hall–Kier alpha value is -0.350. The first kappa shape index (κ1) is 13.3. The first-order valence-electron chi connectivity index (χ1n) is 3.05. The van der Waals surface area contributed by atoms with Crippen molar-refractivity contribution >= 4 is 18.4 Å². The summed E-state index contributed by atoms with van der Waals surface area (Å²) >= 11 is 0. The normalized spacial score (nSPS) is 12.4. The predicted molar refractivity (Wildman–Crippen MR) is 43.0 cm³/mol. The summed E-state index contributed by atoms with van der Waals surface area (Å²) < 4.78 is 12.3. The Labute approximate surface area is 71.6 Å². The van der Waals surface area contributed by atoms with Gasteiger partial charge in [-0.2, -0.15) is 0 Å². The van der Waals surface area contributed by atoms with E-state index in [0.29, 0.717) is 6.54 Å². The van der Waals surface area contributed by atoms with Crippen LogP contribution in [0.3, 0.4) is 0 Å². The van der Waals surface area contributed by atoms with E-state index in [2.05, 4.69) is 0 Å². The minimum Gasteiger partial charge on any atom is -0.479 e. The molecule has 0 heterocycles. The van der Waals surface area contributed by atoms with Crippen molar-refractivity contribution in [3.8, 4) is 0 Å². The molecular formula is C6H13ClFNO2. The first-order valence-corrected chi connectivity index (χ1v) is 3.05. The van der Waals surface area contributed by atoms with Crippen molar-refractivity contribution in [2.45, 2.75) is 12.6 Å². The SMILES string of the molecule is CN(C)CC[C@H](F)C(=O)O.Cl. The molecule has 0 bridgehead atoms. The van der Waals surface area contributed by atoms with Gasteiger partial charge in [0.25, 0.3) is 0 Å².